The number of carbonyl (C=O) groups excluding carboxylic acids is 2. The zero-order valence-corrected chi connectivity index (χ0v) is 19.3. The SMILES string of the molecule is Cn1c(N)c(C(=O)COC(=O)c2ccc(S(=O)(=O)N3CCCCCC3)cc2)c(=O)n(C)c1=O. The zero-order chi connectivity index (χ0) is 24.3. The molecule has 1 saturated heterocycles. The standard InChI is InChI=1S/C21H26N4O7S/c1-23-18(22)17(19(27)24(2)21(23)29)16(26)13-32-20(28)14-7-9-15(10-8-14)33(30,31)25-11-5-3-4-6-12-25/h7-10H,3-6,11-13,22H2,1-2H3. The van der Waals surface area contributed by atoms with Gasteiger partial charge in [0.05, 0.1) is 10.5 Å². The van der Waals surface area contributed by atoms with Gasteiger partial charge in [-0.15, -0.1) is 0 Å². The Balaban J connectivity index is 1.71. The Bertz CT molecular complexity index is 1290. The molecular formula is C21H26N4O7S. The lowest BCUT2D eigenvalue weighted by molar-refractivity contribution is 0.0474. The highest BCUT2D eigenvalue weighted by Gasteiger charge is 2.26. The minimum absolute atomic E-state index is 0.0407. The topological polar surface area (TPSA) is 151 Å². The zero-order valence-electron chi connectivity index (χ0n) is 18.4. The average Bonchev–Trinajstić information content (AvgIpc) is 3.10. The smallest absolute Gasteiger partial charge is 0.338 e. The van der Waals surface area contributed by atoms with Gasteiger partial charge in [0.1, 0.15) is 11.4 Å². The number of nitrogens with two attached hydrogens (primary N) is 1. The number of aromatic nitrogens is 2. The van der Waals surface area contributed by atoms with Crippen molar-refractivity contribution in [3.63, 3.8) is 0 Å². The molecule has 178 valence electrons. The third-order valence-corrected chi connectivity index (χ3v) is 7.53. The summed E-state index contributed by atoms with van der Waals surface area (Å²) in [4.78, 5) is 49.0. The van der Waals surface area contributed by atoms with Crippen molar-refractivity contribution in [2.24, 2.45) is 14.1 Å². The minimum Gasteiger partial charge on any atom is -0.454 e. The van der Waals surface area contributed by atoms with Gasteiger partial charge in [0.2, 0.25) is 15.8 Å². The Labute approximate surface area is 190 Å². The highest BCUT2D eigenvalue weighted by atomic mass is 32.2. The molecule has 1 fully saturated rings. The molecule has 0 unspecified atom stereocenters. The molecule has 0 spiro atoms. The second-order valence-corrected chi connectivity index (χ2v) is 9.75. The minimum atomic E-state index is -3.66. The highest BCUT2D eigenvalue weighted by molar-refractivity contribution is 7.89. The number of benzene rings is 1. The van der Waals surface area contributed by atoms with Crippen molar-refractivity contribution in [1.82, 2.24) is 13.4 Å². The van der Waals surface area contributed by atoms with Crippen LogP contribution in [0.25, 0.3) is 0 Å². The lowest BCUT2D eigenvalue weighted by Gasteiger charge is -2.20. The molecule has 3 rings (SSSR count). The summed E-state index contributed by atoms with van der Waals surface area (Å²) in [7, 11) is -1.15. The third kappa shape index (κ3) is 4.91. The predicted octanol–water partition coefficient (Wildman–Crippen LogP) is 0.271. The van der Waals surface area contributed by atoms with Gasteiger partial charge >= 0.3 is 11.7 Å². The molecule has 0 saturated carbocycles. The maximum absolute atomic E-state index is 12.8. The molecule has 1 aromatic carbocycles. The molecule has 0 radical (unpaired) electrons. The largest absolute Gasteiger partial charge is 0.454 e. The van der Waals surface area contributed by atoms with E-state index in [2.05, 4.69) is 0 Å². The van der Waals surface area contributed by atoms with E-state index in [1.54, 1.807) is 0 Å². The first-order valence-corrected chi connectivity index (χ1v) is 11.9. The number of hydrogen-bond acceptors (Lipinski definition) is 8. The highest BCUT2D eigenvalue weighted by Crippen LogP contribution is 2.21. The fraction of sp³-hybridized carbons (Fsp3) is 0.429. The number of hydrogen-bond donors (Lipinski definition) is 1. The van der Waals surface area contributed by atoms with E-state index in [9.17, 15) is 27.6 Å². The van der Waals surface area contributed by atoms with Gasteiger partial charge in [0.15, 0.2) is 6.61 Å². The van der Waals surface area contributed by atoms with E-state index in [-0.39, 0.29) is 16.3 Å². The van der Waals surface area contributed by atoms with E-state index in [1.165, 1.54) is 42.7 Å². The van der Waals surface area contributed by atoms with E-state index >= 15 is 0 Å². The Kier molecular flexibility index (Phi) is 7.18. The number of Topliss-reactive ketones (excluding diaryl/α,β-unsaturated/α-hetero) is 1. The fourth-order valence-electron chi connectivity index (χ4n) is 3.60. The first-order valence-electron chi connectivity index (χ1n) is 10.4. The number of ketones is 1. The third-order valence-electron chi connectivity index (χ3n) is 5.62. The van der Waals surface area contributed by atoms with Crippen LogP contribution in [-0.2, 0) is 28.9 Å². The lowest BCUT2D eigenvalue weighted by Crippen LogP contribution is -2.42. The summed E-state index contributed by atoms with van der Waals surface area (Å²) in [5.74, 6) is -2.06. The molecule has 1 aromatic heterocycles. The molecule has 1 aliphatic rings. The quantitative estimate of drug-likeness (QED) is 0.459. The van der Waals surface area contributed by atoms with Crippen LogP contribution in [0.15, 0.2) is 38.8 Å². The van der Waals surface area contributed by atoms with Crippen molar-refractivity contribution in [1.29, 1.82) is 0 Å². The van der Waals surface area contributed by atoms with Crippen LogP contribution in [0.5, 0.6) is 0 Å². The summed E-state index contributed by atoms with van der Waals surface area (Å²) in [5.41, 5.74) is 3.73. The number of carbonyl (C=O) groups is 2. The first-order chi connectivity index (χ1) is 15.6. The lowest BCUT2D eigenvalue weighted by atomic mass is 10.2. The van der Waals surface area contributed by atoms with E-state index in [1.807, 2.05) is 0 Å². The van der Waals surface area contributed by atoms with Crippen molar-refractivity contribution in [3.8, 4) is 0 Å². The molecular weight excluding hydrogens is 452 g/mol. The van der Waals surface area contributed by atoms with Gasteiger partial charge in [0, 0.05) is 27.2 Å². The molecule has 2 N–H and O–H groups in total. The summed E-state index contributed by atoms with van der Waals surface area (Å²) < 4.78 is 33.8. The fourth-order valence-corrected chi connectivity index (χ4v) is 5.12. The van der Waals surface area contributed by atoms with Gasteiger partial charge in [0.25, 0.3) is 5.56 Å². The number of esters is 1. The van der Waals surface area contributed by atoms with Gasteiger partial charge in [-0.05, 0) is 37.1 Å². The van der Waals surface area contributed by atoms with Gasteiger partial charge in [-0.3, -0.25) is 18.7 Å². The maximum Gasteiger partial charge on any atom is 0.338 e. The number of ether oxygens (including phenoxy) is 1. The molecule has 12 heteroatoms. The molecule has 33 heavy (non-hydrogen) atoms. The van der Waals surface area contributed by atoms with E-state index < -0.39 is 45.2 Å². The molecule has 0 aliphatic carbocycles. The van der Waals surface area contributed by atoms with Crippen LogP contribution in [0.3, 0.4) is 0 Å². The van der Waals surface area contributed by atoms with E-state index in [0.29, 0.717) is 13.1 Å². The number of sulfonamides is 1. The van der Waals surface area contributed by atoms with Gasteiger partial charge < -0.3 is 10.5 Å². The number of nitrogen functional groups attached to an aromatic ring is 1. The Morgan fingerprint density at radius 2 is 1.55 bits per heavy atom. The average molecular weight is 479 g/mol. The van der Waals surface area contributed by atoms with Crippen LogP contribution >= 0.6 is 0 Å². The van der Waals surface area contributed by atoms with Crippen LogP contribution < -0.4 is 17.0 Å². The Hall–Kier alpha value is -3.25. The number of anilines is 1. The van der Waals surface area contributed by atoms with Crippen LogP contribution in [-0.4, -0.2) is 53.3 Å². The summed E-state index contributed by atoms with van der Waals surface area (Å²) in [6.07, 6.45) is 3.60. The van der Waals surface area contributed by atoms with Gasteiger partial charge in [-0.25, -0.2) is 18.0 Å². The molecule has 0 bridgehead atoms. The van der Waals surface area contributed by atoms with Crippen molar-refractivity contribution in [2.75, 3.05) is 25.4 Å². The second kappa shape index (κ2) is 9.71. The van der Waals surface area contributed by atoms with Crippen molar-refractivity contribution in [3.05, 3.63) is 56.2 Å². The molecule has 0 atom stereocenters. The summed E-state index contributed by atoms with van der Waals surface area (Å²) in [6.45, 7) is 0.147. The number of rotatable bonds is 6. The molecule has 11 nitrogen and oxygen atoms in total. The van der Waals surface area contributed by atoms with Crippen molar-refractivity contribution < 1.29 is 22.7 Å². The maximum atomic E-state index is 12.8. The summed E-state index contributed by atoms with van der Waals surface area (Å²) >= 11 is 0. The summed E-state index contributed by atoms with van der Waals surface area (Å²) in [5, 5.41) is 0. The second-order valence-electron chi connectivity index (χ2n) is 7.81. The van der Waals surface area contributed by atoms with Gasteiger partial charge in [-0.1, -0.05) is 12.8 Å². The normalized spacial score (nSPS) is 15.1. The van der Waals surface area contributed by atoms with E-state index in [4.69, 9.17) is 10.5 Å². The van der Waals surface area contributed by atoms with Gasteiger partial charge in [-0.2, -0.15) is 4.31 Å². The monoisotopic (exact) mass is 478 g/mol. The Morgan fingerprint density at radius 1 is 0.970 bits per heavy atom. The molecule has 2 heterocycles. The summed E-state index contributed by atoms with van der Waals surface area (Å²) in [6, 6.07) is 5.24. The molecule has 0 amide bonds. The van der Waals surface area contributed by atoms with Crippen LogP contribution in [0.4, 0.5) is 5.82 Å². The number of nitrogens with zero attached hydrogens (tertiary/aromatic N) is 3. The van der Waals surface area contributed by atoms with Crippen molar-refractivity contribution >= 4 is 27.6 Å². The van der Waals surface area contributed by atoms with Crippen LogP contribution in [0.1, 0.15) is 46.4 Å². The van der Waals surface area contributed by atoms with Crippen LogP contribution in [0.2, 0.25) is 0 Å². The molecule has 2 aromatic rings. The van der Waals surface area contributed by atoms with Crippen molar-refractivity contribution in [2.45, 2.75) is 30.6 Å². The molecule has 1 aliphatic heterocycles. The Morgan fingerprint density at radius 3 is 2.12 bits per heavy atom. The first kappa shape index (κ1) is 24.4. The van der Waals surface area contributed by atoms with E-state index in [0.717, 1.165) is 34.8 Å². The van der Waals surface area contributed by atoms with Crippen LogP contribution in [0, 0.1) is 0 Å². The predicted molar refractivity (Wildman–Crippen MR) is 120 cm³/mol.